The van der Waals surface area contributed by atoms with E-state index in [0.29, 0.717) is 6.04 Å². The lowest BCUT2D eigenvalue weighted by molar-refractivity contribution is 0.483. The highest BCUT2D eigenvalue weighted by Crippen LogP contribution is 2.21. The Bertz CT molecular complexity index is 445. The van der Waals surface area contributed by atoms with Gasteiger partial charge in [-0.3, -0.25) is 4.79 Å². The molecule has 0 saturated carbocycles. The van der Waals surface area contributed by atoms with Crippen LogP contribution in [0, 0.1) is 0 Å². The van der Waals surface area contributed by atoms with Gasteiger partial charge >= 0.3 is 0 Å². The molecule has 0 spiro atoms. The second-order valence-corrected chi connectivity index (χ2v) is 4.45. The molecule has 1 aromatic heterocycles. The summed E-state index contributed by atoms with van der Waals surface area (Å²) in [4.78, 5) is 13.7. The number of nitrogens with zero attached hydrogens (tertiary/aromatic N) is 3. The monoisotopic (exact) mass is 242 g/mol. The molecule has 1 fully saturated rings. The molecular weight excluding hydrogens is 228 g/mol. The Labute approximate surface area is 99.0 Å². The molecule has 88 valence electrons. The van der Waals surface area contributed by atoms with Crippen molar-refractivity contribution in [3.05, 3.63) is 21.6 Å². The Morgan fingerprint density at radius 2 is 2.38 bits per heavy atom. The summed E-state index contributed by atoms with van der Waals surface area (Å²) in [6.07, 6.45) is 1.65. The average molecular weight is 243 g/mol. The van der Waals surface area contributed by atoms with Crippen molar-refractivity contribution in [3.63, 3.8) is 0 Å². The minimum atomic E-state index is -0.245. The molecule has 2 rings (SSSR count). The van der Waals surface area contributed by atoms with E-state index in [1.54, 1.807) is 13.2 Å². The van der Waals surface area contributed by atoms with Crippen LogP contribution in [0.5, 0.6) is 0 Å². The van der Waals surface area contributed by atoms with Gasteiger partial charge in [0.05, 0.1) is 11.9 Å². The summed E-state index contributed by atoms with van der Waals surface area (Å²) in [6, 6.07) is 0.397. The highest BCUT2D eigenvalue weighted by atomic mass is 35.5. The Hall–Kier alpha value is -1.07. The molecule has 1 aliphatic rings. The van der Waals surface area contributed by atoms with Crippen LogP contribution in [0.1, 0.15) is 6.92 Å². The molecule has 16 heavy (non-hydrogen) atoms. The molecule has 1 N–H and O–H groups in total. The SMILES string of the molecule is C[C@H]1CN(c2cnn(C)c(=O)c2Cl)CCN1. The van der Waals surface area contributed by atoms with Crippen molar-refractivity contribution in [2.45, 2.75) is 13.0 Å². The zero-order chi connectivity index (χ0) is 11.7. The van der Waals surface area contributed by atoms with Crippen molar-refractivity contribution >= 4 is 17.3 Å². The van der Waals surface area contributed by atoms with Gasteiger partial charge in [0.25, 0.3) is 5.56 Å². The number of piperazine rings is 1. The summed E-state index contributed by atoms with van der Waals surface area (Å²) in [5.41, 5.74) is 0.489. The van der Waals surface area contributed by atoms with Gasteiger partial charge in [-0.05, 0) is 6.92 Å². The number of hydrogen-bond donors (Lipinski definition) is 1. The first-order valence-corrected chi connectivity index (χ1v) is 5.67. The second kappa shape index (κ2) is 4.43. The normalized spacial score (nSPS) is 21.2. The van der Waals surface area contributed by atoms with E-state index in [-0.39, 0.29) is 10.6 Å². The molecule has 6 heteroatoms. The van der Waals surface area contributed by atoms with Crippen molar-refractivity contribution in [3.8, 4) is 0 Å². The molecular formula is C10H15ClN4O. The summed E-state index contributed by atoms with van der Waals surface area (Å²) >= 11 is 6.04. The summed E-state index contributed by atoms with van der Waals surface area (Å²) in [6.45, 7) is 4.69. The van der Waals surface area contributed by atoms with Gasteiger partial charge in [0.15, 0.2) is 0 Å². The van der Waals surface area contributed by atoms with Crippen LogP contribution in [0.15, 0.2) is 11.0 Å². The Kier molecular flexibility index (Phi) is 3.16. The summed E-state index contributed by atoms with van der Waals surface area (Å²) < 4.78 is 1.25. The standard InChI is InChI=1S/C10H15ClN4O/c1-7-6-15(4-3-12-7)8-5-13-14(2)10(16)9(8)11/h5,7,12H,3-4,6H2,1-2H3/t7-/m0/s1. The molecule has 0 unspecified atom stereocenters. The van der Waals surface area contributed by atoms with Gasteiger partial charge in [0.2, 0.25) is 0 Å². The van der Waals surface area contributed by atoms with E-state index >= 15 is 0 Å². The van der Waals surface area contributed by atoms with Crippen molar-refractivity contribution < 1.29 is 0 Å². The first-order valence-electron chi connectivity index (χ1n) is 5.29. The highest BCUT2D eigenvalue weighted by Gasteiger charge is 2.19. The lowest BCUT2D eigenvalue weighted by atomic mass is 10.2. The molecule has 0 radical (unpaired) electrons. The van der Waals surface area contributed by atoms with Gasteiger partial charge in [-0.2, -0.15) is 5.10 Å². The number of rotatable bonds is 1. The maximum absolute atomic E-state index is 11.6. The maximum Gasteiger partial charge on any atom is 0.287 e. The fourth-order valence-electron chi connectivity index (χ4n) is 1.87. The number of hydrogen-bond acceptors (Lipinski definition) is 4. The quantitative estimate of drug-likeness (QED) is 0.766. The molecule has 1 atom stereocenters. The Balaban J connectivity index is 2.33. The molecule has 0 aromatic carbocycles. The molecule has 0 aliphatic carbocycles. The second-order valence-electron chi connectivity index (χ2n) is 4.07. The van der Waals surface area contributed by atoms with Crippen LogP contribution in [0.4, 0.5) is 5.69 Å². The highest BCUT2D eigenvalue weighted by molar-refractivity contribution is 6.33. The Morgan fingerprint density at radius 3 is 3.06 bits per heavy atom. The fraction of sp³-hybridized carbons (Fsp3) is 0.600. The Morgan fingerprint density at radius 1 is 1.62 bits per heavy atom. The number of nitrogens with one attached hydrogen (secondary N) is 1. The topological polar surface area (TPSA) is 50.2 Å². The van der Waals surface area contributed by atoms with Crippen molar-refractivity contribution in [1.82, 2.24) is 15.1 Å². The van der Waals surface area contributed by atoms with Crippen LogP contribution in [0.3, 0.4) is 0 Å². The molecule has 0 amide bonds. The van der Waals surface area contributed by atoms with Gasteiger partial charge in [0, 0.05) is 32.7 Å². The number of anilines is 1. The van der Waals surface area contributed by atoms with Crippen molar-refractivity contribution in [2.24, 2.45) is 7.05 Å². The van der Waals surface area contributed by atoms with Gasteiger partial charge in [-0.15, -0.1) is 0 Å². The first kappa shape index (κ1) is 11.4. The van der Waals surface area contributed by atoms with Crippen LogP contribution in [0.25, 0.3) is 0 Å². The largest absolute Gasteiger partial charge is 0.366 e. The van der Waals surface area contributed by atoms with E-state index in [2.05, 4.69) is 22.2 Å². The molecule has 2 heterocycles. The van der Waals surface area contributed by atoms with Crippen LogP contribution >= 0.6 is 11.6 Å². The lowest BCUT2D eigenvalue weighted by Gasteiger charge is -2.33. The smallest absolute Gasteiger partial charge is 0.287 e. The summed E-state index contributed by atoms with van der Waals surface area (Å²) in [5.74, 6) is 0. The third kappa shape index (κ3) is 2.05. The van der Waals surface area contributed by atoms with E-state index in [9.17, 15) is 4.79 Å². The van der Waals surface area contributed by atoms with Crippen molar-refractivity contribution in [2.75, 3.05) is 24.5 Å². The van der Waals surface area contributed by atoms with Gasteiger partial charge in [-0.25, -0.2) is 4.68 Å². The molecule has 1 aromatic rings. The predicted molar refractivity (Wildman–Crippen MR) is 64.2 cm³/mol. The van der Waals surface area contributed by atoms with E-state index < -0.39 is 0 Å². The van der Waals surface area contributed by atoms with Crippen molar-refractivity contribution in [1.29, 1.82) is 0 Å². The molecule has 0 bridgehead atoms. The van der Waals surface area contributed by atoms with Crippen LogP contribution in [-0.4, -0.2) is 35.5 Å². The zero-order valence-electron chi connectivity index (χ0n) is 9.40. The number of aryl methyl sites for hydroxylation is 1. The summed E-state index contributed by atoms with van der Waals surface area (Å²) in [5, 5.41) is 7.59. The van der Waals surface area contributed by atoms with Gasteiger partial charge in [-0.1, -0.05) is 11.6 Å². The average Bonchev–Trinajstić information content (AvgIpc) is 2.26. The summed E-state index contributed by atoms with van der Waals surface area (Å²) in [7, 11) is 1.60. The molecule has 1 saturated heterocycles. The van der Waals surface area contributed by atoms with E-state index in [1.165, 1.54) is 4.68 Å². The minimum absolute atomic E-state index is 0.245. The van der Waals surface area contributed by atoms with Crippen LogP contribution in [-0.2, 0) is 7.05 Å². The van der Waals surface area contributed by atoms with E-state index in [0.717, 1.165) is 25.3 Å². The van der Waals surface area contributed by atoms with Gasteiger partial charge in [0.1, 0.15) is 5.02 Å². The number of halogens is 1. The lowest BCUT2D eigenvalue weighted by Crippen LogP contribution is -2.49. The minimum Gasteiger partial charge on any atom is -0.366 e. The molecule has 1 aliphatic heterocycles. The van der Waals surface area contributed by atoms with E-state index in [1.807, 2.05) is 0 Å². The third-order valence-electron chi connectivity index (χ3n) is 2.77. The van der Waals surface area contributed by atoms with Crippen LogP contribution in [0.2, 0.25) is 5.02 Å². The third-order valence-corrected chi connectivity index (χ3v) is 3.12. The van der Waals surface area contributed by atoms with E-state index in [4.69, 9.17) is 11.6 Å². The first-order chi connectivity index (χ1) is 7.59. The zero-order valence-corrected chi connectivity index (χ0v) is 10.2. The predicted octanol–water partition coefficient (Wildman–Crippen LogP) is 0.232. The fourth-order valence-corrected chi connectivity index (χ4v) is 2.16. The number of aromatic nitrogens is 2. The van der Waals surface area contributed by atoms with Gasteiger partial charge < -0.3 is 10.2 Å². The molecule has 5 nitrogen and oxygen atoms in total. The van der Waals surface area contributed by atoms with Crippen LogP contribution < -0.4 is 15.8 Å². The maximum atomic E-state index is 11.6.